The molecule has 3 rings (SSSR count). The summed E-state index contributed by atoms with van der Waals surface area (Å²) in [6, 6.07) is 7.61. The first-order valence-electron chi connectivity index (χ1n) is 7.92. The van der Waals surface area contributed by atoms with Crippen molar-refractivity contribution in [3.05, 3.63) is 35.1 Å². The molecule has 3 aromatic rings. The lowest BCUT2D eigenvalue weighted by molar-refractivity contribution is -0.113. The summed E-state index contributed by atoms with van der Waals surface area (Å²) >= 11 is 2.68. The van der Waals surface area contributed by atoms with Gasteiger partial charge in [-0.3, -0.25) is 14.7 Å². The SMILES string of the molecule is CCc1nnc(NC(=O)CSc2nnc(C)n2-c2ccccc2OC)s1. The smallest absolute Gasteiger partial charge is 0.236 e. The molecule has 0 aliphatic heterocycles. The van der Waals surface area contributed by atoms with E-state index in [2.05, 4.69) is 25.7 Å². The summed E-state index contributed by atoms with van der Waals surface area (Å²) in [7, 11) is 1.62. The number of nitrogens with one attached hydrogen (secondary N) is 1. The number of amides is 1. The highest BCUT2D eigenvalue weighted by Crippen LogP contribution is 2.28. The van der Waals surface area contributed by atoms with Crippen molar-refractivity contribution in [1.82, 2.24) is 25.0 Å². The number of carbonyl (C=O) groups is 1. The molecule has 1 aromatic carbocycles. The van der Waals surface area contributed by atoms with Crippen LogP contribution in [0.15, 0.2) is 29.4 Å². The van der Waals surface area contributed by atoms with E-state index in [-0.39, 0.29) is 11.7 Å². The lowest BCUT2D eigenvalue weighted by Gasteiger charge is -2.12. The fraction of sp³-hybridized carbons (Fsp3) is 0.312. The van der Waals surface area contributed by atoms with E-state index in [1.165, 1.54) is 23.1 Å². The van der Waals surface area contributed by atoms with Crippen LogP contribution in [0.3, 0.4) is 0 Å². The molecule has 0 radical (unpaired) electrons. The lowest BCUT2D eigenvalue weighted by Crippen LogP contribution is -2.14. The number of aromatic nitrogens is 5. The third-order valence-corrected chi connectivity index (χ3v) is 5.38. The Morgan fingerprint density at radius 2 is 2.08 bits per heavy atom. The van der Waals surface area contributed by atoms with Gasteiger partial charge in [-0.15, -0.1) is 20.4 Å². The molecule has 0 saturated heterocycles. The maximum absolute atomic E-state index is 12.2. The van der Waals surface area contributed by atoms with E-state index in [4.69, 9.17) is 4.74 Å². The Bertz CT molecular complexity index is 908. The van der Waals surface area contributed by atoms with Gasteiger partial charge >= 0.3 is 0 Å². The van der Waals surface area contributed by atoms with E-state index in [1.807, 2.05) is 42.7 Å². The van der Waals surface area contributed by atoms with Crippen molar-refractivity contribution in [3.63, 3.8) is 0 Å². The minimum absolute atomic E-state index is 0.166. The number of hydrogen-bond acceptors (Lipinski definition) is 8. The maximum atomic E-state index is 12.2. The number of methoxy groups -OCH3 is 1. The van der Waals surface area contributed by atoms with Crippen LogP contribution in [0.2, 0.25) is 0 Å². The second-order valence-electron chi connectivity index (χ2n) is 5.23. The molecule has 1 N–H and O–H groups in total. The molecule has 26 heavy (non-hydrogen) atoms. The highest BCUT2D eigenvalue weighted by atomic mass is 32.2. The van der Waals surface area contributed by atoms with Crippen LogP contribution < -0.4 is 10.1 Å². The summed E-state index contributed by atoms with van der Waals surface area (Å²) in [5, 5.41) is 21.0. The number of para-hydroxylation sites is 2. The van der Waals surface area contributed by atoms with E-state index in [1.54, 1.807) is 7.11 Å². The van der Waals surface area contributed by atoms with Crippen LogP contribution in [-0.4, -0.2) is 43.7 Å². The molecule has 0 bridgehead atoms. The first kappa shape index (κ1) is 18.3. The zero-order valence-electron chi connectivity index (χ0n) is 14.6. The Morgan fingerprint density at radius 1 is 1.27 bits per heavy atom. The van der Waals surface area contributed by atoms with Gasteiger partial charge in [-0.25, -0.2) is 0 Å². The van der Waals surface area contributed by atoms with Crippen molar-refractivity contribution in [2.45, 2.75) is 25.4 Å². The summed E-state index contributed by atoms with van der Waals surface area (Å²) in [6.07, 6.45) is 0.795. The quantitative estimate of drug-likeness (QED) is 0.620. The van der Waals surface area contributed by atoms with Crippen molar-refractivity contribution < 1.29 is 9.53 Å². The summed E-state index contributed by atoms with van der Waals surface area (Å²) in [6.45, 7) is 3.85. The van der Waals surface area contributed by atoms with Crippen molar-refractivity contribution in [2.24, 2.45) is 0 Å². The van der Waals surface area contributed by atoms with Gasteiger partial charge in [0.05, 0.1) is 18.6 Å². The number of carbonyl (C=O) groups excluding carboxylic acids is 1. The third kappa shape index (κ3) is 4.02. The van der Waals surface area contributed by atoms with Crippen molar-refractivity contribution in [2.75, 3.05) is 18.2 Å². The van der Waals surface area contributed by atoms with Crippen LogP contribution in [0.5, 0.6) is 5.75 Å². The van der Waals surface area contributed by atoms with Crippen LogP contribution in [0, 0.1) is 6.92 Å². The predicted molar refractivity (Wildman–Crippen MR) is 101 cm³/mol. The Hall–Kier alpha value is -2.46. The van der Waals surface area contributed by atoms with E-state index in [0.29, 0.717) is 21.9 Å². The van der Waals surface area contributed by atoms with Gasteiger partial charge in [0.25, 0.3) is 0 Å². The zero-order valence-corrected chi connectivity index (χ0v) is 16.2. The topological polar surface area (TPSA) is 94.8 Å². The first-order chi connectivity index (χ1) is 12.6. The molecule has 10 heteroatoms. The normalized spacial score (nSPS) is 10.7. The molecule has 1 amide bonds. The second-order valence-corrected chi connectivity index (χ2v) is 7.23. The summed E-state index contributed by atoms with van der Waals surface area (Å²) in [5.74, 6) is 1.45. The number of aryl methyl sites for hydroxylation is 2. The van der Waals surface area contributed by atoms with Crippen molar-refractivity contribution in [1.29, 1.82) is 0 Å². The van der Waals surface area contributed by atoms with Gasteiger partial charge in [0.1, 0.15) is 16.6 Å². The fourth-order valence-corrected chi connectivity index (χ4v) is 3.75. The van der Waals surface area contributed by atoms with Crippen molar-refractivity contribution in [3.8, 4) is 11.4 Å². The Kier molecular flexibility index (Phi) is 5.84. The maximum Gasteiger partial charge on any atom is 0.236 e. The molecule has 2 heterocycles. The Labute approximate surface area is 159 Å². The molecular weight excluding hydrogens is 372 g/mol. The second kappa shape index (κ2) is 8.28. The average molecular weight is 390 g/mol. The monoisotopic (exact) mass is 390 g/mol. The van der Waals surface area contributed by atoms with Crippen LogP contribution in [0.1, 0.15) is 17.8 Å². The van der Waals surface area contributed by atoms with E-state index in [0.717, 1.165) is 17.1 Å². The summed E-state index contributed by atoms with van der Waals surface area (Å²) in [4.78, 5) is 12.2. The van der Waals surface area contributed by atoms with Gasteiger partial charge in [-0.1, -0.05) is 42.2 Å². The van der Waals surface area contributed by atoms with Gasteiger partial charge in [-0.05, 0) is 25.5 Å². The first-order valence-corrected chi connectivity index (χ1v) is 9.73. The summed E-state index contributed by atoms with van der Waals surface area (Å²) in [5.41, 5.74) is 0.831. The van der Waals surface area contributed by atoms with Gasteiger partial charge < -0.3 is 4.74 Å². The van der Waals surface area contributed by atoms with Crippen LogP contribution in [-0.2, 0) is 11.2 Å². The molecule has 2 aromatic heterocycles. The van der Waals surface area contributed by atoms with Crippen LogP contribution in [0.25, 0.3) is 5.69 Å². The number of anilines is 1. The van der Waals surface area contributed by atoms with E-state index < -0.39 is 0 Å². The molecular formula is C16H18N6O2S2. The average Bonchev–Trinajstić information content (AvgIpc) is 3.26. The Morgan fingerprint density at radius 3 is 2.81 bits per heavy atom. The standard InChI is InChI=1S/C16H18N6O2S2/c1-4-14-19-20-15(26-14)17-13(23)9-25-16-21-18-10(2)22(16)11-7-5-6-8-12(11)24-3/h5-8H,4,9H2,1-3H3,(H,17,20,23). The molecule has 0 fully saturated rings. The lowest BCUT2D eigenvalue weighted by atomic mass is 10.3. The van der Waals surface area contributed by atoms with E-state index >= 15 is 0 Å². The minimum atomic E-state index is -0.166. The molecule has 0 aliphatic carbocycles. The van der Waals surface area contributed by atoms with Gasteiger partial charge in [0, 0.05) is 0 Å². The predicted octanol–water partition coefficient (Wildman–Crippen LogP) is 2.73. The van der Waals surface area contributed by atoms with Crippen LogP contribution >= 0.6 is 23.1 Å². The fourth-order valence-electron chi connectivity index (χ4n) is 2.26. The number of thioether (sulfide) groups is 1. The highest BCUT2D eigenvalue weighted by molar-refractivity contribution is 7.99. The summed E-state index contributed by atoms with van der Waals surface area (Å²) < 4.78 is 7.29. The molecule has 0 spiro atoms. The van der Waals surface area contributed by atoms with E-state index in [9.17, 15) is 4.79 Å². The number of nitrogens with zero attached hydrogens (tertiary/aromatic N) is 5. The van der Waals surface area contributed by atoms with Gasteiger partial charge in [-0.2, -0.15) is 0 Å². The van der Waals surface area contributed by atoms with Gasteiger partial charge in [0.2, 0.25) is 11.0 Å². The van der Waals surface area contributed by atoms with Gasteiger partial charge in [0.15, 0.2) is 5.16 Å². The number of rotatable bonds is 7. The molecule has 8 nitrogen and oxygen atoms in total. The van der Waals surface area contributed by atoms with Crippen LogP contribution in [0.4, 0.5) is 5.13 Å². The molecule has 0 saturated carbocycles. The largest absolute Gasteiger partial charge is 0.495 e. The van der Waals surface area contributed by atoms with Crippen molar-refractivity contribution >= 4 is 34.1 Å². The molecule has 0 unspecified atom stereocenters. The molecule has 0 aliphatic rings. The highest BCUT2D eigenvalue weighted by Gasteiger charge is 2.16. The molecule has 136 valence electrons. The Balaban J connectivity index is 1.72. The minimum Gasteiger partial charge on any atom is -0.495 e. The third-order valence-electron chi connectivity index (χ3n) is 3.47. The number of hydrogen-bond donors (Lipinski definition) is 1. The number of ether oxygens (including phenoxy) is 1. The number of benzene rings is 1. The molecule has 0 atom stereocenters. The zero-order chi connectivity index (χ0) is 18.5.